The molecule has 7 nitrogen and oxygen atoms in total. The maximum atomic E-state index is 5.53. The second-order valence-electron chi connectivity index (χ2n) is 7.28. The van der Waals surface area contributed by atoms with Crippen molar-refractivity contribution in [3.8, 4) is 11.5 Å². The Hall–Kier alpha value is -2.32. The Kier molecular flexibility index (Phi) is 8.33. The summed E-state index contributed by atoms with van der Waals surface area (Å²) in [6.45, 7) is 10.5. The summed E-state index contributed by atoms with van der Waals surface area (Å²) in [5.41, 5.74) is 2.29. The number of aromatic nitrogens is 1. The number of nitrogens with zero attached hydrogens (tertiary/aromatic N) is 4. The van der Waals surface area contributed by atoms with Crippen molar-refractivity contribution in [1.82, 2.24) is 20.1 Å². The SMILES string of the molecule is CCNC(=NCCc1csc(C)n1)N1CCN(Cc2cc(OC)ccc2OC)CC1. The predicted molar refractivity (Wildman–Crippen MR) is 123 cm³/mol. The Bertz CT molecular complexity index is 831. The van der Waals surface area contributed by atoms with E-state index >= 15 is 0 Å². The van der Waals surface area contributed by atoms with Crippen molar-refractivity contribution < 1.29 is 9.47 Å². The molecule has 2 heterocycles. The largest absolute Gasteiger partial charge is 0.497 e. The lowest BCUT2D eigenvalue weighted by Gasteiger charge is -2.36. The van der Waals surface area contributed by atoms with E-state index in [2.05, 4.69) is 38.5 Å². The van der Waals surface area contributed by atoms with Crippen molar-refractivity contribution in [2.45, 2.75) is 26.8 Å². The van der Waals surface area contributed by atoms with E-state index in [9.17, 15) is 0 Å². The van der Waals surface area contributed by atoms with Crippen LogP contribution >= 0.6 is 11.3 Å². The molecule has 1 aliphatic heterocycles. The summed E-state index contributed by atoms with van der Waals surface area (Å²) in [5, 5.41) is 6.69. The molecule has 0 radical (unpaired) electrons. The quantitative estimate of drug-likeness (QED) is 0.512. The van der Waals surface area contributed by atoms with E-state index in [1.807, 2.05) is 19.1 Å². The molecule has 0 amide bonds. The van der Waals surface area contributed by atoms with E-state index < -0.39 is 0 Å². The van der Waals surface area contributed by atoms with Gasteiger partial charge in [0.25, 0.3) is 0 Å². The molecule has 1 aliphatic rings. The molecule has 1 aromatic heterocycles. The van der Waals surface area contributed by atoms with Gasteiger partial charge in [0, 0.05) is 63.2 Å². The van der Waals surface area contributed by atoms with Gasteiger partial charge >= 0.3 is 0 Å². The molecule has 164 valence electrons. The molecule has 2 aromatic rings. The summed E-state index contributed by atoms with van der Waals surface area (Å²) < 4.78 is 10.9. The van der Waals surface area contributed by atoms with E-state index in [0.717, 1.165) is 86.0 Å². The fraction of sp³-hybridized carbons (Fsp3) is 0.545. The molecule has 0 aliphatic carbocycles. The Morgan fingerprint density at radius 3 is 2.63 bits per heavy atom. The van der Waals surface area contributed by atoms with Crippen LogP contribution in [0.5, 0.6) is 11.5 Å². The van der Waals surface area contributed by atoms with Crippen LogP contribution in [0.15, 0.2) is 28.6 Å². The number of aryl methyl sites for hydroxylation is 1. The third-order valence-corrected chi connectivity index (χ3v) is 6.01. The Labute approximate surface area is 183 Å². The van der Waals surface area contributed by atoms with Crippen molar-refractivity contribution in [1.29, 1.82) is 0 Å². The number of hydrogen-bond donors (Lipinski definition) is 1. The number of nitrogens with one attached hydrogen (secondary N) is 1. The van der Waals surface area contributed by atoms with Crippen LogP contribution in [0, 0.1) is 6.92 Å². The van der Waals surface area contributed by atoms with Crippen LogP contribution in [0.4, 0.5) is 0 Å². The van der Waals surface area contributed by atoms with Crippen LogP contribution in [-0.4, -0.2) is 74.2 Å². The monoisotopic (exact) mass is 431 g/mol. The number of hydrogen-bond acceptors (Lipinski definition) is 6. The second-order valence-corrected chi connectivity index (χ2v) is 8.35. The van der Waals surface area contributed by atoms with E-state index in [1.54, 1.807) is 25.6 Å². The highest BCUT2D eigenvalue weighted by Crippen LogP contribution is 2.25. The van der Waals surface area contributed by atoms with Gasteiger partial charge in [-0.05, 0) is 32.0 Å². The number of aliphatic imine (C=N–C) groups is 1. The van der Waals surface area contributed by atoms with Crippen LogP contribution in [0.1, 0.15) is 23.2 Å². The molecule has 0 spiro atoms. The second kappa shape index (κ2) is 11.2. The summed E-state index contributed by atoms with van der Waals surface area (Å²) in [7, 11) is 3.41. The number of guanidine groups is 1. The molecule has 0 bridgehead atoms. The van der Waals surface area contributed by atoms with E-state index in [4.69, 9.17) is 14.5 Å². The first-order valence-corrected chi connectivity index (χ1v) is 11.4. The minimum absolute atomic E-state index is 0.757. The van der Waals surface area contributed by atoms with Gasteiger partial charge < -0.3 is 19.7 Å². The van der Waals surface area contributed by atoms with Gasteiger partial charge in [-0.2, -0.15) is 0 Å². The molecule has 1 saturated heterocycles. The zero-order valence-corrected chi connectivity index (χ0v) is 19.3. The third-order valence-electron chi connectivity index (χ3n) is 5.18. The Morgan fingerprint density at radius 1 is 1.20 bits per heavy atom. The van der Waals surface area contributed by atoms with Crippen LogP contribution in [0.2, 0.25) is 0 Å². The summed E-state index contributed by atoms with van der Waals surface area (Å²) >= 11 is 1.70. The molecule has 0 saturated carbocycles. The lowest BCUT2D eigenvalue weighted by molar-refractivity contribution is 0.171. The van der Waals surface area contributed by atoms with Crippen LogP contribution in [0.25, 0.3) is 0 Å². The van der Waals surface area contributed by atoms with Gasteiger partial charge in [0.15, 0.2) is 5.96 Å². The molecular formula is C22H33N5O2S. The number of benzene rings is 1. The average molecular weight is 432 g/mol. The van der Waals surface area contributed by atoms with Crippen LogP contribution in [0.3, 0.4) is 0 Å². The highest BCUT2D eigenvalue weighted by Gasteiger charge is 2.20. The molecule has 0 atom stereocenters. The van der Waals surface area contributed by atoms with E-state index in [-0.39, 0.29) is 0 Å². The molecule has 1 fully saturated rings. The first-order chi connectivity index (χ1) is 14.6. The number of rotatable bonds is 8. The van der Waals surface area contributed by atoms with Crippen molar-refractivity contribution in [2.24, 2.45) is 4.99 Å². The molecule has 3 rings (SSSR count). The van der Waals surface area contributed by atoms with Gasteiger partial charge in [-0.25, -0.2) is 4.98 Å². The van der Waals surface area contributed by atoms with E-state index in [0.29, 0.717) is 0 Å². The molecule has 0 unspecified atom stereocenters. The summed E-state index contributed by atoms with van der Waals surface area (Å²) in [4.78, 5) is 14.2. The van der Waals surface area contributed by atoms with Gasteiger partial charge in [-0.1, -0.05) is 0 Å². The lowest BCUT2D eigenvalue weighted by Crippen LogP contribution is -2.52. The first-order valence-electron chi connectivity index (χ1n) is 10.5. The smallest absolute Gasteiger partial charge is 0.194 e. The molecular weight excluding hydrogens is 398 g/mol. The minimum atomic E-state index is 0.757. The van der Waals surface area contributed by atoms with Gasteiger partial charge in [0.2, 0.25) is 0 Å². The van der Waals surface area contributed by atoms with Gasteiger partial charge in [0.05, 0.1) is 24.9 Å². The number of ether oxygens (including phenoxy) is 2. The van der Waals surface area contributed by atoms with Crippen molar-refractivity contribution in [3.63, 3.8) is 0 Å². The van der Waals surface area contributed by atoms with Gasteiger partial charge in [0.1, 0.15) is 11.5 Å². The minimum Gasteiger partial charge on any atom is -0.497 e. The Balaban J connectivity index is 1.55. The van der Waals surface area contributed by atoms with Crippen molar-refractivity contribution in [2.75, 3.05) is 53.5 Å². The Morgan fingerprint density at radius 2 is 2.00 bits per heavy atom. The van der Waals surface area contributed by atoms with Gasteiger partial charge in [-0.3, -0.25) is 9.89 Å². The summed E-state index contributed by atoms with van der Waals surface area (Å²) in [5.74, 6) is 2.77. The summed E-state index contributed by atoms with van der Waals surface area (Å²) in [6, 6.07) is 5.98. The van der Waals surface area contributed by atoms with Crippen molar-refractivity contribution in [3.05, 3.63) is 39.8 Å². The number of thiazole rings is 1. The fourth-order valence-corrected chi connectivity index (χ4v) is 4.24. The van der Waals surface area contributed by atoms with Crippen molar-refractivity contribution >= 4 is 17.3 Å². The highest BCUT2D eigenvalue weighted by atomic mass is 32.1. The lowest BCUT2D eigenvalue weighted by atomic mass is 10.1. The molecule has 1 aromatic carbocycles. The molecule has 30 heavy (non-hydrogen) atoms. The number of piperazine rings is 1. The van der Waals surface area contributed by atoms with E-state index in [1.165, 1.54) is 0 Å². The topological polar surface area (TPSA) is 62.2 Å². The number of methoxy groups -OCH3 is 2. The highest BCUT2D eigenvalue weighted by molar-refractivity contribution is 7.09. The van der Waals surface area contributed by atoms with Gasteiger partial charge in [-0.15, -0.1) is 11.3 Å². The maximum Gasteiger partial charge on any atom is 0.194 e. The first kappa shape index (κ1) is 22.4. The fourth-order valence-electron chi connectivity index (χ4n) is 3.59. The molecule has 1 N–H and O–H groups in total. The van der Waals surface area contributed by atoms with Crippen LogP contribution < -0.4 is 14.8 Å². The zero-order valence-electron chi connectivity index (χ0n) is 18.5. The normalized spacial score (nSPS) is 15.3. The third kappa shape index (κ3) is 6.09. The van der Waals surface area contributed by atoms with Crippen LogP contribution in [-0.2, 0) is 13.0 Å². The average Bonchev–Trinajstić information content (AvgIpc) is 3.18. The standard InChI is InChI=1S/C22H33N5O2S/c1-5-23-22(24-9-8-19-16-30-17(2)25-19)27-12-10-26(11-13-27)15-18-14-20(28-3)6-7-21(18)29-4/h6-7,14,16H,5,8-13,15H2,1-4H3,(H,23,24). The maximum absolute atomic E-state index is 5.53. The molecule has 8 heteroatoms. The summed E-state index contributed by atoms with van der Waals surface area (Å²) in [6.07, 6.45) is 0.884. The predicted octanol–water partition coefficient (Wildman–Crippen LogP) is 2.79. The zero-order chi connectivity index (χ0) is 21.3.